The Hall–Kier alpha value is -1.11. The summed E-state index contributed by atoms with van der Waals surface area (Å²) in [5.74, 6) is -0.675. The monoisotopic (exact) mass is 650 g/mol. The van der Waals surface area contributed by atoms with Gasteiger partial charge in [0.15, 0.2) is 0 Å². The SMILES string of the molecule is CC1(C)CC[C@@]2(C(=O)O[C@@H]3O[C@H](CO)[C@@H](O)[C@H](O)[C@H]3O)CC[C@@]3(C)C(=CC[C@@H]4[C@@]5(C)C[C@@H](O)[C@H](O)C(C)(C)[C@@H]5[C@H](O)C[C@@]43C)[C@@H]2C1. The molecule has 5 aliphatic carbocycles. The van der Waals surface area contributed by atoms with Gasteiger partial charge in [-0.05, 0) is 96.2 Å². The van der Waals surface area contributed by atoms with E-state index in [1.165, 1.54) is 5.57 Å². The minimum atomic E-state index is -1.66. The van der Waals surface area contributed by atoms with Crippen molar-refractivity contribution < 1.29 is 50.0 Å². The molecule has 0 amide bonds. The Morgan fingerprint density at radius 1 is 0.848 bits per heavy atom. The maximum atomic E-state index is 14.4. The third-order valence-electron chi connectivity index (χ3n) is 14.9. The van der Waals surface area contributed by atoms with Crippen LogP contribution in [0.2, 0.25) is 0 Å². The van der Waals surface area contributed by atoms with E-state index in [1.807, 2.05) is 13.8 Å². The van der Waals surface area contributed by atoms with E-state index in [-0.39, 0.29) is 34.0 Å². The Morgan fingerprint density at radius 2 is 1.50 bits per heavy atom. The van der Waals surface area contributed by atoms with Crippen molar-refractivity contribution in [3.05, 3.63) is 11.6 Å². The van der Waals surface area contributed by atoms with Crippen LogP contribution in [-0.4, -0.2) is 97.3 Å². The zero-order chi connectivity index (χ0) is 34.0. The summed E-state index contributed by atoms with van der Waals surface area (Å²) in [6.45, 7) is 14.6. The van der Waals surface area contributed by atoms with Crippen molar-refractivity contribution in [1.82, 2.24) is 0 Å². The Kier molecular flexibility index (Phi) is 8.27. The summed E-state index contributed by atoms with van der Waals surface area (Å²) >= 11 is 0. The molecule has 10 heteroatoms. The number of hydrogen-bond donors (Lipinski definition) is 7. The van der Waals surface area contributed by atoms with Gasteiger partial charge in [-0.25, -0.2) is 0 Å². The van der Waals surface area contributed by atoms with E-state index in [0.29, 0.717) is 32.1 Å². The molecule has 1 aliphatic heterocycles. The molecule has 0 spiro atoms. The number of rotatable bonds is 3. The number of aliphatic hydroxyl groups is 7. The van der Waals surface area contributed by atoms with Crippen LogP contribution in [0.1, 0.15) is 99.8 Å². The highest BCUT2D eigenvalue weighted by atomic mass is 16.7. The van der Waals surface area contributed by atoms with Gasteiger partial charge in [0.2, 0.25) is 6.29 Å². The van der Waals surface area contributed by atoms with Crippen LogP contribution in [0.15, 0.2) is 11.6 Å². The number of allylic oxidation sites excluding steroid dienone is 2. The molecule has 4 saturated carbocycles. The van der Waals surface area contributed by atoms with Gasteiger partial charge in [0, 0.05) is 0 Å². The maximum absolute atomic E-state index is 14.4. The summed E-state index contributed by atoms with van der Waals surface area (Å²) in [6.07, 6.45) is -2.51. The largest absolute Gasteiger partial charge is 0.432 e. The summed E-state index contributed by atoms with van der Waals surface area (Å²) in [5, 5.41) is 75.1. The number of hydrogen-bond acceptors (Lipinski definition) is 10. The normalized spacial score (nSPS) is 54.3. The molecule has 6 rings (SSSR count). The lowest BCUT2D eigenvalue weighted by Gasteiger charge is -2.72. The van der Waals surface area contributed by atoms with Gasteiger partial charge in [-0.3, -0.25) is 4.79 Å². The smallest absolute Gasteiger partial charge is 0.315 e. The minimum Gasteiger partial charge on any atom is -0.432 e. The molecule has 0 bridgehead atoms. The van der Waals surface area contributed by atoms with Gasteiger partial charge in [-0.2, -0.15) is 0 Å². The molecule has 1 saturated heterocycles. The van der Waals surface area contributed by atoms with Crippen LogP contribution >= 0.6 is 0 Å². The van der Waals surface area contributed by atoms with Crippen LogP contribution in [0.25, 0.3) is 0 Å². The van der Waals surface area contributed by atoms with Crippen molar-refractivity contribution in [2.75, 3.05) is 6.61 Å². The van der Waals surface area contributed by atoms with Crippen molar-refractivity contribution in [2.24, 2.45) is 50.2 Å². The molecule has 6 aliphatic rings. The highest BCUT2D eigenvalue weighted by molar-refractivity contribution is 5.79. The van der Waals surface area contributed by atoms with Gasteiger partial charge in [0.1, 0.15) is 24.4 Å². The molecule has 1 heterocycles. The number of carbonyl (C=O) groups excluding carboxylic acids is 1. The number of esters is 1. The van der Waals surface area contributed by atoms with Gasteiger partial charge in [0.05, 0.1) is 30.3 Å². The third-order valence-corrected chi connectivity index (χ3v) is 14.9. The molecule has 15 atom stereocenters. The van der Waals surface area contributed by atoms with Crippen molar-refractivity contribution in [2.45, 2.75) is 149 Å². The van der Waals surface area contributed by atoms with Gasteiger partial charge >= 0.3 is 5.97 Å². The number of ether oxygens (including phenoxy) is 2. The number of carbonyl (C=O) groups is 1. The molecule has 10 nitrogen and oxygen atoms in total. The van der Waals surface area contributed by atoms with Crippen LogP contribution in [0.4, 0.5) is 0 Å². The molecule has 46 heavy (non-hydrogen) atoms. The quantitative estimate of drug-likeness (QED) is 0.177. The van der Waals surface area contributed by atoms with Crippen LogP contribution in [0.3, 0.4) is 0 Å². The summed E-state index contributed by atoms with van der Waals surface area (Å²) in [5.41, 5.74) is -1.46. The predicted octanol–water partition coefficient (Wildman–Crippen LogP) is 2.43. The molecule has 0 aromatic carbocycles. The molecular formula is C36H58O10. The summed E-state index contributed by atoms with van der Waals surface area (Å²) in [6, 6.07) is 0. The summed E-state index contributed by atoms with van der Waals surface area (Å²) < 4.78 is 11.5. The van der Waals surface area contributed by atoms with Crippen LogP contribution < -0.4 is 0 Å². The molecule has 0 radical (unpaired) electrons. The van der Waals surface area contributed by atoms with E-state index in [0.717, 1.165) is 19.3 Å². The van der Waals surface area contributed by atoms with Crippen LogP contribution in [0, 0.1) is 50.2 Å². The Labute approximate surface area is 273 Å². The van der Waals surface area contributed by atoms with Gasteiger partial charge in [-0.15, -0.1) is 0 Å². The molecule has 7 N–H and O–H groups in total. The van der Waals surface area contributed by atoms with E-state index < -0.39 is 77.8 Å². The lowest BCUT2D eigenvalue weighted by molar-refractivity contribution is -0.298. The average molecular weight is 651 g/mol. The number of fused-ring (bicyclic) bond motifs is 7. The predicted molar refractivity (Wildman–Crippen MR) is 168 cm³/mol. The fourth-order valence-electron chi connectivity index (χ4n) is 12.3. The molecular weight excluding hydrogens is 592 g/mol. The fraction of sp³-hybridized carbons (Fsp3) is 0.917. The lowest BCUT2D eigenvalue weighted by Crippen LogP contribution is -2.70. The first-order valence-corrected chi connectivity index (χ1v) is 17.5. The zero-order valence-corrected chi connectivity index (χ0v) is 28.6. The first-order chi connectivity index (χ1) is 21.2. The second-order valence-corrected chi connectivity index (χ2v) is 18.2. The molecule has 0 aromatic heterocycles. The zero-order valence-electron chi connectivity index (χ0n) is 28.6. The average Bonchev–Trinajstić information content (AvgIpc) is 2.96. The standard InChI is InChI=1S/C36H58O10/c1-31(2)10-12-36(30(44)46-29-26(42)25(41)24(40)22(17-37)45-29)13-11-34(6)18(19(36)14-31)8-9-23-33(5)15-21(39)28(43)32(3,4)27(33)20(38)16-35(23,34)7/h8,19-29,37-43H,9-17H2,1-7H3/t19-,20+,21+,22+,23+,24+,25-,26+,27-,28-,29-,33+,34-,35-,36+/m0/s1. The molecule has 0 aromatic rings. The Morgan fingerprint density at radius 3 is 2.15 bits per heavy atom. The van der Waals surface area contributed by atoms with Crippen molar-refractivity contribution in [3.8, 4) is 0 Å². The fourth-order valence-corrected chi connectivity index (χ4v) is 12.3. The topological polar surface area (TPSA) is 177 Å². The highest BCUT2D eigenvalue weighted by Crippen LogP contribution is 2.75. The molecule has 0 unspecified atom stereocenters. The van der Waals surface area contributed by atoms with Gasteiger partial charge in [0.25, 0.3) is 0 Å². The van der Waals surface area contributed by atoms with Gasteiger partial charge < -0.3 is 45.2 Å². The van der Waals surface area contributed by atoms with Crippen molar-refractivity contribution in [1.29, 1.82) is 0 Å². The first kappa shape index (κ1) is 34.7. The Bertz CT molecular complexity index is 1250. The molecule has 262 valence electrons. The third kappa shape index (κ3) is 4.60. The van der Waals surface area contributed by atoms with Crippen molar-refractivity contribution >= 4 is 5.97 Å². The Balaban J connectivity index is 1.38. The molecule has 5 fully saturated rings. The maximum Gasteiger partial charge on any atom is 0.315 e. The van der Waals surface area contributed by atoms with E-state index >= 15 is 0 Å². The summed E-state index contributed by atoms with van der Waals surface area (Å²) in [7, 11) is 0. The second-order valence-electron chi connectivity index (χ2n) is 18.2. The van der Waals surface area contributed by atoms with E-state index in [2.05, 4.69) is 40.7 Å². The number of aliphatic hydroxyl groups excluding tert-OH is 7. The van der Waals surface area contributed by atoms with Gasteiger partial charge in [-0.1, -0.05) is 60.1 Å². The van der Waals surface area contributed by atoms with E-state index in [9.17, 15) is 40.5 Å². The van der Waals surface area contributed by atoms with Crippen molar-refractivity contribution in [3.63, 3.8) is 0 Å². The van der Waals surface area contributed by atoms with Crippen LogP contribution in [-0.2, 0) is 14.3 Å². The van der Waals surface area contributed by atoms with Crippen LogP contribution in [0.5, 0.6) is 0 Å². The minimum absolute atomic E-state index is 0.0365. The second kappa shape index (κ2) is 10.9. The first-order valence-electron chi connectivity index (χ1n) is 17.5. The highest BCUT2D eigenvalue weighted by Gasteiger charge is 2.72. The summed E-state index contributed by atoms with van der Waals surface area (Å²) in [4.78, 5) is 14.4. The van der Waals surface area contributed by atoms with E-state index in [1.54, 1.807) is 0 Å². The lowest BCUT2D eigenvalue weighted by atomic mass is 9.33. The van der Waals surface area contributed by atoms with E-state index in [4.69, 9.17) is 9.47 Å².